The third-order valence-electron chi connectivity index (χ3n) is 3.65. The summed E-state index contributed by atoms with van der Waals surface area (Å²) in [5, 5.41) is 8.37. The number of fused-ring (bicyclic) bond motifs is 1. The molecule has 0 radical (unpaired) electrons. The Morgan fingerprint density at radius 3 is 2.94 bits per heavy atom. The van der Waals surface area contributed by atoms with Crippen LogP contribution in [0.3, 0.4) is 0 Å². The van der Waals surface area contributed by atoms with Gasteiger partial charge in [-0.05, 0) is 25.8 Å². The van der Waals surface area contributed by atoms with Crippen LogP contribution in [0.4, 0.5) is 0 Å². The van der Waals surface area contributed by atoms with E-state index in [0.29, 0.717) is 5.92 Å². The van der Waals surface area contributed by atoms with Gasteiger partial charge >= 0.3 is 0 Å². The molecule has 3 rings (SSSR count). The van der Waals surface area contributed by atoms with E-state index in [9.17, 15) is 0 Å². The van der Waals surface area contributed by atoms with Gasteiger partial charge in [-0.15, -0.1) is 10.2 Å². The average molecular weight is 227 g/mol. The molecule has 0 saturated carbocycles. The molecule has 0 N–H and O–H groups in total. The minimum absolute atomic E-state index is 0.608. The molecule has 1 aliphatic rings. The van der Waals surface area contributed by atoms with Crippen molar-refractivity contribution >= 4 is 0 Å². The maximum absolute atomic E-state index is 4.21. The molecular weight excluding hydrogens is 210 g/mol. The maximum atomic E-state index is 4.21. The van der Waals surface area contributed by atoms with E-state index in [4.69, 9.17) is 0 Å². The molecule has 0 aliphatic carbocycles. The number of hydrogen-bond donors (Lipinski definition) is 0. The highest BCUT2D eigenvalue weighted by molar-refractivity contribution is 5.26. The van der Waals surface area contributed by atoms with Gasteiger partial charge in [0, 0.05) is 18.9 Å². The Balaban J connectivity index is 1.91. The van der Waals surface area contributed by atoms with Gasteiger partial charge in [0.1, 0.15) is 11.6 Å². The molecule has 0 saturated heterocycles. The van der Waals surface area contributed by atoms with Crippen molar-refractivity contribution in [2.75, 3.05) is 0 Å². The van der Waals surface area contributed by atoms with Gasteiger partial charge in [0.15, 0.2) is 0 Å². The summed E-state index contributed by atoms with van der Waals surface area (Å²) in [4.78, 5) is 0. The van der Waals surface area contributed by atoms with E-state index in [-0.39, 0.29) is 0 Å². The van der Waals surface area contributed by atoms with Gasteiger partial charge in [0.2, 0.25) is 0 Å². The largest absolute Gasteiger partial charge is 0.315 e. The van der Waals surface area contributed by atoms with Crippen LogP contribution in [0.2, 0.25) is 0 Å². The van der Waals surface area contributed by atoms with Crippen molar-refractivity contribution in [2.45, 2.75) is 39.2 Å². The first kappa shape index (κ1) is 10.5. The Morgan fingerprint density at radius 2 is 2.12 bits per heavy atom. The molecule has 3 nitrogen and oxygen atoms in total. The van der Waals surface area contributed by atoms with E-state index in [1.165, 1.54) is 17.5 Å². The second-order valence-corrected chi connectivity index (χ2v) is 4.92. The zero-order chi connectivity index (χ0) is 11.8. The third-order valence-corrected chi connectivity index (χ3v) is 3.65. The molecule has 0 spiro atoms. The highest BCUT2D eigenvalue weighted by Crippen LogP contribution is 2.29. The number of benzene rings is 1. The normalized spacial score (nSPS) is 19.1. The summed E-state index contributed by atoms with van der Waals surface area (Å²) in [6.07, 6.45) is 2.22. The maximum Gasteiger partial charge on any atom is 0.133 e. The molecule has 0 bridgehead atoms. The Kier molecular flexibility index (Phi) is 2.46. The fourth-order valence-corrected chi connectivity index (χ4v) is 2.66. The Hall–Kier alpha value is -1.64. The highest BCUT2D eigenvalue weighted by Gasteiger charge is 2.22. The Morgan fingerprint density at radius 1 is 1.24 bits per heavy atom. The first-order valence-corrected chi connectivity index (χ1v) is 6.19. The minimum Gasteiger partial charge on any atom is -0.315 e. The van der Waals surface area contributed by atoms with Crippen molar-refractivity contribution in [3.63, 3.8) is 0 Å². The van der Waals surface area contributed by atoms with Crippen LogP contribution in [0.25, 0.3) is 0 Å². The third kappa shape index (κ3) is 1.86. The van der Waals surface area contributed by atoms with Gasteiger partial charge in [0.05, 0.1) is 0 Å². The van der Waals surface area contributed by atoms with Crippen molar-refractivity contribution in [1.82, 2.24) is 14.8 Å². The zero-order valence-electron chi connectivity index (χ0n) is 10.3. The smallest absolute Gasteiger partial charge is 0.133 e. The summed E-state index contributed by atoms with van der Waals surface area (Å²) < 4.78 is 2.26. The van der Waals surface area contributed by atoms with Gasteiger partial charge in [-0.25, -0.2) is 0 Å². The molecule has 17 heavy (non-hydrogen) atoms. The summed E-state index contributed by atoms with van der Waals surface area (Å²) in [7, 11) is 0. The van der Waals surface area contributed by atoms with Gasteiger partial charge < -0.3 is 4.57 Å². The van der Waals surface area contributed by atoms with E-state index in [0.717, 1.165) is 24.6 Å². The standard InChI is InChI=1S/C14H17N3/c1-10-4-3-5-12(8-10)13-6-7-14-16-15-11(2)17(14)9-13/h3-5,8,13H,6-7,9H2,1-2H3. The van der Waals surface area contributed by atoms with Crippen LogP contribution in [0.15, 0.2) is 24.3 Å². The minimum atomic E-state index is 0.608. The van der Waals surface area contributed by atoms with Crippen LogP contribution in [-0.2, 0) is 13.0 Å². The van der Waals surface area contributed by atoms with Crippen LogP contribution < -0.4 is 0 Å². The van der Waals surface area contributed by atoms with Crippen molar-refractivity contribution in [3.8, 4) is 0 Å². The SMILES string of the molecule is Cc1cccc(C2CCc3nnc(C)n3C2)c1. The summed E-state index contributed by atoms with van der Waals surface area (Å²) in [5.74, 6) is 2.79. The summed E-state index contributed by atoms with van der Waals surface area (Å²) in [6.45, 7) is 5.22. The number of rotatable bonds is 1. The highest BCUT2D eigenvalue weighted by atomic mass is 15.3. The van der Waals surface area contributed by atoms with Crippen LogP contribution >= 0.6 is 0 Å². The van der Waals surface area contributed by atoms with Gasteiger partial charge in [-0.3, -0.25) is 0 Å². The fraction of sp³-hybridized carbons (Fsp3) is 0.429. The number of aromatic nitrogens is 3. The molecule has 1 aromatic carbocycles. The van der Waals surface area contributed by atoms with Crippen LogP contribution in [0.5, 0.6) is 0 Å². The van der Waals surface area contributed by atoms with E-state index in [1.54, 1.807) is 0 Å². The molecule has 1 unspecified atom stereocenters. The van der Waals surface area contributed by atoms with Gasteiger partial charge in [-0.2, -0.15) is 0 Å². The van der Waals surface area contributed by atoms with Crippen molar-refractivity contribution in [3.05, 3.63) is 47.0 Å². The fourth-order valence-electron chi connectivity index (χ4n) is 2.66. The number of hydrogen-bond acceptors (Lipinski definition) is 2. The monoisotopic (exact) mass is 227 g/mol. The van der Waals surface area contributed by atoms with Gasteiger partial charge in [-0.1, -0.05) is 29.8 Å². The van der Waals surface area contributed by atoms with E-state index in [2.05, 4.69) is 46.0 Å². The lowest BCUT2D eigenvalue weighted by atomic mass is 9.90. The van der Waals surface area contributed by atoms with Crippen molar-refractivity contribution in [1.29, 1.82) is 0 Å². The molecular formula is C14H17N3. The number of nitrogens with zero attached hydrogens (tertiary/aromatic N) is 3. The Bertz CT molecular complexity index is 542. The quantitative estimate of drug-likeness (QED) is 0.749. The van der Waals surface area contributed by atoms with Gasteiger partial charge in [0.25, 0.3) is 0 Å². The summed E-state index contributed by atoms with van der Waals surface area (Å²) in [6, 6.07) is 8.85. The zero-order valence-corrected chi connectivity index (χ0v) is 10.3. The first-order chi connectivity index (χ1) is 8.24. The second-order valence-electron chi connectivity index (χ2n) is 4.92. The molecule has 1 aliphatic heterocycles. The molecule has 2 heterocycles. The summed E-state index contributed by atoms with van der Waals surface area (Å²) >= 11 is 0. The van der Waals surface area contributed by atoms with Crippen molar-refractivity contribution < 1.29 is 0 Å². The molecule has 2 aromatic rings. The van der Waals surface area contributed by atoms with Crippen LogP contribution in [-0.4, -0.2) is 14.8 Å². The first-order valence-electron chi connectivity index (χ1n) is 6.19. The van der Waals surface area contributed by atoms with Crippen LogP contribution in [0.1, 0.15) is 35.1 Å². The predicted molar refractivity (Wildman–Crippen MR) is 67.0 cm³/mol. The summed E-state index contributed by atoms with van der Waals surface area (Å²) in [5.41, 5.74) is 2.79. The second kappa shape index (κ2) is 3.99. The Labute approximate surface area is 101 Å². The average Bonchev–Trinajstić information content (AvgIpc) is 2.71. The predicted octanol–water partition coefficient (Wildman–Crippen LogP) is 2.62. The molecule has 0 amide bonds. The molecule has 3 heteroatoms. The molecule has 88 valence electrons. The number of aryl methyl sites for hydroxylation is 3. The molecule has 1 aromatic heterocycles. The topological polar surface area (TPSA) is 30.7 Å². The lowest BCUT2D eigenvalue weighted by molar-refractivity contribution is 0.450. The molecule has 1 atom stereocenters. The van der Waals surface area contributed by atoms with E-state index in [1.807, 2.05) is 6.92 Å². The van der Waals surface area contributed by atoms with Crippen molar-refractivity contribution in [2.24, 2.45) is 0 Å². The lowest BCUT2D eigenvalue weighted by Gasteiger charge is -2.24. The molecule has 0 fully saturated rings. The van der Waals surface area contributed by atoms with E-state index < -0.39 is 0 Å². The lowest BCUT2D eigenvalue weighted by Crippen LogP contribution is -2.19. The van der Waals surface area contributed by atoms with Crippen LogP contribution in [0, 0.1) is 13.8 Å². The van der Waals surface area contributed by atoms with E-state index >= 15 is 0 Å².